The van der Waals surface area contributed by atoms with E-state index in [1.165, 1.54) is 11.1 Å². The van der Waals surface area contributed by atoms with Crippen LogP contribution in [0.2, 0.25) is 0 Å². The van der Waals surface area contributed by atoms with Crippen LogP contribution in [0.5, 0.6) is 0 Å². The summed E-state index contributed by atoms with van der Waals surface area (Å²) in [5.41, 5.74) is 5.54. The van der Waals surface area contributed by atoms with E-state index in [2.05, 4.69) is 46.6 Å². The van der Waals surface area contributed by atoms with Crippen molar-refractivity contribution in [1.29, 1.82) is 0 Å². The zero-order chi connectivity index (χ0) is 13.4. The number of hydrogen-bond acceptors (Lipinski definition) is 2. The molecule has 0 aliphatic carbocycles. The van der Waals surface area contributed by atoms with E-state index in [-0.39, 0.29) is 0 Å². The van der Waals surface area contributed by atoms with Crippen LogP contribution in [0.1, 0.15) is 17.0 Å². The lowest BCUT2D eigenvalue weighted by Crippen LogP contribution is -2.02. The fraction of sp³-hybridized carbons (Fsp3) is 0.200. The van der Waals surface area contributed by atoms with Gasteiger partial charge < -0.3 is 0 Å². The molecule has 0 saturated heterocycles. The Bertz CT molecular complexity index is 746. The van der Waals surface area contributed by atoms with Gasteiger partial charge in [-0.15, -0.1) is 11.6 Å². The first-order valence-electron chi connectivity index (χ1n) is 6.16. The number of rotatable bonds is 2. The molecule has 0 radical (unpaired) electrons. The molecule has 3 nitrogen and oxygen atoms in total. The molecule has 2 heterocycles. The second-order valence-electron chi connectivity index (χ2n) is 4.58. The van der Waals surface area contributed by atoms with Gasteiger partial charge >= 0.3 is 0 Å². The van der Waals surface area contributed by atoms with E-state index in [9.17, 15) is 0 Å². The van der Waals surface area contributed by atoms with E-state index in [4.69, 9.17) is 11.6 Å². The summed E-state index contributed by atoms with van der Waals surface area (Å²) in [6, 6.07) is 8.24. The highest BCUT2D eigenvalue weighted by molar-refractivity contribution is 6.17. The van der Waals surface area contributed by atoms with Crippen molar-refractivity contribution < 1.29 is 0 Å². The molecule has 1 aromatic carbocycles. The van der Waals surface area contributed by atoms with Crippen LogP contribution in [0.15, 0.2) is 36.7 Å². The van der Waals surface area contributed by atoms with E-state index >= 15 is 0 Å². The number of pyridine rings is 1. The fourth-order valence-electron chi connectivity index (χ4n) is 2.32. The Morgan fingerprint density at radius 1 is 1.21 bits per heavy atom. The van der Waals surface area contributed by atoms with Crippen molar-refractivity contribution in [3.05, 3.63) is 53.6 Å². The van der Waals surface area contributed by atoms with Crippen LogP contribution in [0, 0.1) is 13.8 Å². The molecule has 0 unspecified atom stereocenters. The number of nitrogens with zero attached hydrogens (tertiary/aromatic N) is 3. The number of halogens is 1. The molecule has 0 amide bonds. The molecule has 0 N–H and O–H groups in total. The first-order valence-corrected chi connectivity index (χ1v) is 6.69. The highest BCUT2D eigenvalue weighted by atomic mass is 35.5. The molecule has 3 aromatic rings. The van der Waals surface area contributed by atoms with Crippen LogP contribution in [0.3, 0.4) is 0 Å². The van der Waals surface area contributed by atoms with Crippen LogP contribution in [0.4, 0.5) is 0 Å². The highest BCUT2D eigenvalue weighted by Gasteiger charge is 2.13. The maximum absolute atomic E-state index is 6.04. The van der Waals surface area contributed by atoms with E-state index in [0.29, 0.717) is 5.88 Å². The first-order chi connectivity index (χ1) is 9.22. The topological polar surface area (TPSA) is 30.7 Å². The van der Waals surface area contributed by atoms with Crippen LogP contribution in [-0.4, -0.2) is 14.5 Å². The lowest BCUT2D eigenvalue weighted by atomic mass is 10.1. The number of benzene rings is 1. The Labute approximate surface area is 116 Å². The minimum atomic E-state index is 0.377. The molecule has 2 aromatic heterocycles. The Morgan fingerprint density at radius 2 is 2.05 bits per heavy atom. The van der Waals surface area contributed by atoms with Gasteiger partial charge in [0.1, 0.15) is 11.3 Å². The van der Waals surface area contributed by atoms with Crippen molar-refractivity contribution in [1.82, 2.24) is 14.5 Å². The van der Waals surface area contributed by atoms with Gasteiger partial charge in [-0.2, -0.15) is 0 Å². The van der Waals surface area contributed by atoms with Crippen LogP contribution >= 0.6 is 11.6 Å². The number of aryl methyl sites for hydroxylation is 1. The van der Waals surface area contributed by atoms with Gasteiger partial charge in [0.15, 0.2) is 0 Å². The number of aromatic nitrogens is 3. The van der Waals surface area contributed by atoms with Gasteiger partial charge in [0, 0.05) is 6.20 Å². The molecule has 0 aliphatic heterocycles. The lowest BCUT2D eigenvalue weighted by Gasteiger charge is -2.12. The summed E-state index contributed by atoms with van der Waals surface area (Å²) in [5.74, 6) is 1.22. The Hall–Kier alpha value is -1.87. The summed E-state index contributed by atoms with van der Waals surface area (Å²) in [7, 11) is 0. The maximum Gasteiger partial charge on any atom is 0.129 e. The van der Waals surface area contributed by atoms with Crippen LogP contribution in [0.25, 0.3) is 16.7 Å². The van der Waals surface area contributed by atoms with E-state index in [0.717, 1.165) is 22.5 Å². The normalized spacial score (nSPS) is 11.1. The summed E-state index contributed by atoms with van der Waals surface area (Å²) >= 11 is 6.04. The lowest BCUT2D eigenvalue weighted by molar-refractivity contribution is 0.969. The number of imidazole rings is 1. The van der Waals surface area contributed by atoms with Gasteiger partial charge in [0.2, 0.25) is 0 Å². The molecule has 0 atom stereocenters. The van der Waals surface area contributed by atoms with Gasteiger partial charge in [-0.3, -0.25) is 9.55 Å². The van der Waals surface area contributed by atoms with E-state index in [1.807, 2.05) is 6.07 Å². The van der Waals surface area contributed by atoms with Gasteiger partial charge in [-0.25, -0.2) is 4.98 Å². The smallest absolute Gasteiger partial charge is 0.129 e. The molecule has 4 heteroatoms. The monoisotopic (exact) mass is 271 g/mol. The SMILES string of the molecule is Cc1cccc(-n2c(CCl)nc3cnccc32)c1C. The molecule has 0 saturated carbocycles. The Kier molecular flexibility index (Phi) is 2.99. The first kappa shape index (κ1) is 12.2. The average Bonchev–Trinajstić information content (AvgIpc) is 2.80. The minimum Gasteiger partial charge on any atom is -0.295 e. The van der Waals surface area contributed by atoms with Gasteiger partial charge in [0.25, 0.3) is 0 Å². The van der Waals surface area contributed by atoms with Crippen molar-refractivity contribution in [2.75, 3.05) is 0 Å². The molecule has 3 rings (SSSR count). The predicted molar refractivity (Wildman–Crippen MR) is 77.9 cm³/mol. The highest BCUT2D eigenvalue weighted by Crippen LogP contribution is 2.25. The van der Waals surface area contributed by atoms with Crippen molar-refractivity contribution in [3.8, 4) is 5.69 Å². The number of fused-ring (bicyclic) bond motifs is 1. The summed E-state index contributed by atoms with van der Waals surface area (Å²) in [4.78, 5) is 8.66. The quantitative estimate of drug-likeness (QED) is 0.664. The summed E-state index contributed by atoms with van der Waals surface area (Å²) in [6.07, 6.45) is 3.55. The number of alkyl halides is 1. The van der Waals surface area contributed by atoms with E-state index in [1.54, 1.807) is 12.4 Å². The maximum atomic E-state index is 6.04. The van der Waals surface area contributed by atoms with E-state index < -0.39 is 0 Å². The molecular weight excluding hydrogens is 258 g/mol. The number of hydrogen-bond donors (Lipinski definition) is 0. The molecule has 0 aliphatic rings. The zero-order valence-electron chi connectivity index (χ0n) is 10.9. The van der Waals surface area contributed by atoms with Crippen LogP contribution in [-0.2, 0) is 5.88 Å². The largest absolute Gasteiger partial charge is 0.295 e. The third kappa shape index (κ3) is 1.90. The second-order valence-corrected chi connectivity index (χ2v) is 4.85. The molecule has 19 heavy (non-hydrogen) atoms. The Balaban J connectivity index is 2.38. The second kappa shape index (κ2) is 4.67. The van der Waals surface area contributed by atoms with Crippen molar-refractivity contribution in [2.24, 2.45) is 0 Å². The summed E-state index contributed by atoms with van der Waals surface area (Å²) < 4.78 is 2.12. The molecular formula is C15H14ClN3. The zero-order valence-corrected chi connectivity index (χ0v) is 11.6. The fourth-order valence-corrected chi connectivity index (χ4v) is 2.50. The molecule has 96 valence electrons. The standard InChI is InChI=1S/C15H14ClN3/c1-10-4-3-5-13(11(10)2)19-14-6-7-17-9-12(14)18-15(19)8-16/h3-7,9H,8H2,1-2H3. The minimum absolute atomic E-state index is 0.377. The average molecular weight is 272 g/mol. The third-order valence-corrected chi connectivity index (χ3v) is 3.70. The summed E-state index contributed by atoms with van der Waals surface area (Å²) in [6.45, 7) is 4.23. The molecule has 0 bridgehead atoms. The van der Waals surface area contributed by atoms with Crippen molar-refractivity contribution in [2.45, 2.75) is 19.7 Å². The van der Waals surface area contributed by atoms with Gasteiger partial charge in [-0.1, -0.05) is 12.1 Å². The van der Waals surface area contributed by atoms with Gasteiger partial charge in [0.05, 0.1) is 23.3 Å². The van der Waals surface area contributed by atoms with Crippen molar-refractivity contribution in [3.63, 3.8) is 0 Å². The van der Waals surface area contributed by atoms with Gasteiger partial charge in [-0.05, 0) is 37.1 Å². The van der Waals surface area contributed by atoms with Crippen LogP contribution < -0.4 is 0 Å². The molecule has 0 fully saturated rings. The summed E-state index contributed by atoms with van der Waals surface area (Å²) in [5, 5.41) is 0. The predicted octanol–water partition coefficient (Wildman–Crippen LogP) is 3.78. The van der Waals surface area contributed by atoms with Crippen molar-refractivity contribution >= 4 is 22.6 Å². The molecule has 0 spiro atoms. The third-order valence-electron chi connectivity index (χ3n) is 3.46. The Morgan fingerprint density at radius 3 is 2.84 bits per heavy atom.